The summed E-state index contributed by atoms with van der Waals surface area (Å²) in [6.07, 6.45) is 1.44. The highest BCUT2D eigenvalue weighted by atomic mass is 16.3. The van der Waals surface area contributed by atoms with Gasteiger partial charge in [-0.3, -0.25) is 10.1 Å². The third-order valence-corrected chi connectivity index (χ3v) is 1.12. The molecule has 0 saturated heterocycles. The van der Waals surface area contributed by atoms with Gasteiger partial charge >= 0.3 is 0 Å². The minimum atomic E-state index is -0.427. The van der Waals surface area contributed by atoms with Gasteiger partial charge in [-0.1, -0.05) is 12.7 Å². The van der Waals surface area contributed by atoms with Crippen LogP contribution in [-0.4, -0.2) is 17.6 Å². The van der Waals surface area contributed by atoms with E-state index in [-0.39, 0.29) is 12.4 Å². The Hall–Kier alpha value is -1.29. The van der Waals surface area contributed by atoms with Gasteiger partial charge in [0, 0.05) is 5.57 Å². The number of nitrogens with one attached hydrogen (secondary N) is 1. The van der Waals surface area contributed by atoms with Crippen LogP contribution >= 0.6 is 0 Å². The first-order chi connectivity index (χ1) is 5.11. The predicted octanol–water partition coefficient (Wildman–Crippen LogP) is 0.0368. The van der Waals surface area contributed by atoms with Gasteiger partial charge in [0.2, 0.25) is 5.91 Å². The number of aliphatic hydroxyl groups is 1. The summed E-state index contributed by atoms with van der Waals surface area (Å²) < 4.78 is 0. The van der Waals surface area contributed by atoms with Gasteiger partial charge in [0.25, 0.3) is 0 Å². The zero-order chi connectivity index (χ0) is 8.85. The largest absolute Gasteiger partial charge is 0.494 e. The van der Waals surface area contributed by atoms with Crippen LogP contribution in [0.1, 0.15) is 6.92 Å². The molecule has 0 spiro atoms. The van der Waals surface area contributed by atoms with E-state index in [1.165, 1.54) is 6.08 Å². The van der Waals surface area contributed by atoms with Crippen LogP contribution in [0.2, 0.25) is 0 Å². The average Bonchev–Trinajstić information content (AvgIpc) is 2.02. The second-order valence-corrected chi connectivity index (χ2v) is 1.99. The Labute approximate surface area is 65.4 Å². The second kappa shape index (κ2) is 4.51. The fourth-order valence-corrected chi connectivity index (χ4v) is 0.378. The number of carbonyl (C=O) groups excluding carboxylic acids is 1. The summed E-state index contributed by atoms with van der Waals surface area (Å²) in [4.78, 5) is 10.6. The Balaban J connectivity index is 4.16. The second-order valence-electron chi connectivity index (χ2n) is 1.99. The molecule has 0 aromatic rings. The first-order valence-corrected chi connectivity index (χ1v) is 3.14. The lowest BCUT2D eigenvalue weighted by Gasteiger charge is -2.02. The minimum absolute atomic E-state index is 0.144. The number of aliphatic hydroxyl groups excluding tert-OH is 1. The third-order valence-electron chi connectivity index (χ3n) is 1.12. The molecule has 0 aromatic carbocycles. The van der Waals surface area contributed by atoms with Gasteiger partial charge in [-0.2, -0.15) is 0 Å². The quantitative estimate of drug-likeness (QED) is 0.399. The van der Waals surface area contributed by atoms with Gasteiger partial charge in [-0.05, 0) is 6.92 Å². The van der Waals surface area contributed by atoms with E-state index in [2.05, 4.69) is 11.9 Å². The molecule has 1 amide bonds. The van der Waals surface area contributed by atoms with Crippen molar-refractivity contribution in [2.45, 2.75) is 6.92 Å². The van der Waals surface area contributed by atoms with Crippen LogP contribution in [0.15, 0.2) is 24.1 Å². The van der Waals surface area contributed by atoms with Crippen LogP contribution in [0.25, 0.3) is 0 Å². The van der Waals surface area contributed by atoms with Crippen molar-refractivity contribution in [3.63, 3.8) is 0 Å². The standard InChI is InChI=1S/C7H12N2O2/c1-3-5(2)7(11)9-6(10)4-8/h3,11H,1,4,8H2,2H3,(H,9,10)/b7-5+. The molecule has 0 aliphatic rings. The number of rotatable bonds is 3. The minimum Gasteiger partial charge on any atom is -0.494 e. The van der Waals surface area contributed by atoms with Gasteiger partial charge in [0.15, 0.2) is 5.88 Å². The molecule has 0 aliphatic heterocycles. The van der Waals surface area contributed by atoms with E-state index in [1.807, 2.05) is 0 Å². The number of amides is 1. The molecule has 0 fully saturated rings. The topological polar surface area (TPSA) is 75.3 Å². The Kier molecular flexibility index (Phi) is 3.98. The molecule has 0 heterocycles. The fraction of sp³-hybridized carbons (Fsp3) is 0.286. The molecule has 0 radical (unpaired) electrons. The van der Waals surface area contributed by atoms with Crippen molar-refractivity contribution in [1.82, 2.24) is 5.32 Å². The number of hydrogen-bond donors (Lipinski definition) is 3. The van der Waals surface area contributed by atoms with Gasteiger partial charge < -0.3 is 10.8 Å². The Morgan fingerprint density at radius 1 is 1.82 bits per heavy atom. The summed E-state index contributed by atoms with van der Waals surface area (Å²) in [5.74, 6) is -0.626. The molecule has 0 rings (SSSR count). The summed E-state index contributed by atoms with van der Waals surface area (Å²) >= 11 is 0. The summed E-state index contributed by atoms with van der Waals surface area (Å²) in [5, 5.41) is 11.2. The lowest BCUT2D eigenvalue weighted by atomic mass is 10.3. The van der Waals surface area contributed by atoms with E-state index in [9.17, 15) is 4.79 Å². The van der Waals surface area contributed by atoms with Crippen molar-refractivity contribution in [2.75, 3.05) is 6.54 Å². The van der Waals surface area contributed by atoms with Crippen molar-refractivity contribution in [3.8, 4) is 0 Å². The number of allylic oxidation sites excluding steroid dienone is 2. The number of carbonyl (C=O) groups is 1. The summed E-state index contributed by atoms with van der Waals surface area (Å²) in [7, 11) is 0. The van der Waals surface area contributed by atoms with Gasteiger partial charge in [-0.15, -0.1) is 0 Å². The molecular formula is C7H12N2O2. The third kappa shape index (κ3) is 3.42. The molecule has 0 unspecified atom stereocenters. The van der Waals surface area contributed by atoms with Gasteiger partial charge in [0.1, 0.15) is 0 Å². The molecule has 0 aromatic heterocycles. The highest BCUT2D eigenvalue weighted by Crippen LogP contribution is 1.96. The first kappa shape index (κ1) is 9.71. The van der Waals surface area contributed by atoms with Gasteiger partial charge in [0.05, 0.1) is 6.54 Å². The van der Waals surface area contributed by atoms with Crippen molar-refractivity contribution in [2.24, 2.45) is 5.73 Å². The molecule has 0 aliphatic carbocycles. The Morgan fingerprint density at radius 2 is 2.36 bits per heavy atom. The van der Waals surface area contributed by atoms with E-state index in [1.54, 1.807) is 6.92 Å². The maximum Gasteiger partial charge on any atom is 0.240 e. The maximum atomic E-state index is 10.6. The van der Waals surface area contributed by atoms with Crippen molar-refractivity contribution in [3.05, 3.63) is 24.1 Å². The number of nitrogens with two attached hydrogens (primary N) is 1. The smallest absolute Gasteiger partial charge is 0.240 e. The Bertz CT molecular complexity index is 197. The van der Waals surface area contributed by atoms with Gasteiger partial charge in [-0.25, -0.2) is 0 Å². The molecule has 4 nitrogen and oxygen atoms in total. The molecular weight excluding hydrogens is 144 g/mol. The van der Waals surface area contributed by atoms with Crippen LogP contribution in [-0.2, 0) is 4.79 Å². The van der Waals surface area contributed by atoms with E-state index >= 15 is 0 Å². The summed E-state index contributed by atoms with van der Waals surface area (Å²) in [6.45, 7) is 4.89. The SMILES string of the molecule is C=C/C(C)=C(/O)NC(=O)CN. The Morgan fingerprint density at radius 3 is 2.73 bits per heavy atom. The highest BCUT2D eigenvalue weighted by Gasteiger charge is 2.00. The van der Waals surface area contributed by atoms with E-state index < -0.39 is 5.91 Å². The van der Waals surface area contributed by atoms with E-state index in [0.717, 1.165) is 0 Å². The molecule has 0 saturated carbocycles. The lowest BCUT2D eigenvalue weighted by Crippen LogP contribution is -2.30. The van der Waals surface area contributed by atoms with Crippen LogP contribution in [0.4, 0.5) is 0 Å². The van der Waals surface area contributed by atoms with Crippen molar-refractivity contribution >= 4 is 5.91 Å². The van der Waals surface area contributed by atoms with Crippen LogP contribution in [0.5, 0.6) is 0 Å². The highest BCUT2D eigenvalue weighted by molar-refractivity contribution is 5.79. The zero-order valence-corrected chi connectivity index (χ0v) is 6.42. The van der Waals surface area contributed by atoms with Crippen LogP contribution < -0.4 is 11.1 Å². The van der Waals surface area contributed by atoms with Crippen molar-refractivity contribution in [1.29, 1.82) is 0 Å². The summed E-state index contributed by atoms with van der Waals surface area (Å²) in [6, 6.07) is 0. The zero-order valence-electron chi connectivity index (χ0n) is 6.42. The first-order valence-electron chi connectivity index (χ1n) is 3.14. The summed E-state index contributed by atoms with van der Waals surface area (Å²) in [5.41, 5.74) is 5.50. The normalized spacial score (nSPS) is 11.8. The molecule has 4 N–H and O–H groups in total. The monoisotopic (exact) mass is 156 g/mol. The predicted molar refractivity (Wildman–Crippen MR) is 42.7 cm³/mol. The molecule has 0 atom stereocenters. The maximum absolute atomic E-state index is 10.6. The fourth-order valence-electron chi connectivity index (χ4n) is 0.378. The van der Waals surface area contributed by atoms with E-state index in [4.69, 9.17) is 10.8 Å². The van der Waals surface area contributed by atoms with Crippen LogP contribution in [0.3, 0.4) is 0 Å². The molecule has 4 heteroatoms. The van der Waals surface area contributed by atoms with Crippen LogP contribution in [0, 0.1) is 0 Å². The molecule has 11 heavy (non-hydrogen) atoms. The molecule has 62 valence electrons. The average molecular weight is 156 g/mol. The lowest BCUT2D eigenvalue weighted by molar-refractivity contribution is -0.119. The van der Waals surface area contributed by atoms with Crippen molar-refractivity contribution < 1.29 is 9.90 Å². The molecule has 0 bridgehead atoms. The number of hydrogen-bond acceptors (Lipinski definition) is 3. The van der Waals surface area contributed by atoms with E-state index in [0.29, 0.717) is 5.57 Å².